The van der Waals surface area contributed by atoms with Crippen LogP contribution in [0.5, 0.6) is 0 Å². The zero-order valence-corrected chi connectivity index (χ0v) is 9.51. The minimum Gasteiger partial charge on any atom is -0.383 e. The van der Waals surface area contributed by atoms with E-state index in [0.717, 1.165) is 12.8 Å². The molecule has 1 amide bonds. The van der Waals surface area contributed by atoms with Crippen molar-refractivity contribution in [3.8, 4) is 12.3 Å². The number of ether oxygens (including phenoxy) is 1. The summed E-state index contributed by atoms with van der Waals surface area (Å²) in [5, 5.41) is 5.72. The number of methoxy groups -OCH3 is 1. The van der Waals surface area contributed by atoms with Crippen LogP contribution in [0, 0.1) is 12.3 Å². The minimum atomic E-state index is -0.147. The van der Waals surface area contributed by atoms with Gasteiger partial charge in [0.25, 0.3) is 0 Å². The fourth-order valence-electron chi connectivity index (χ4n) is 1.11. The maximum Gasteiger partial charge on any atom is 0.234 e. The predicted molar refractivity (Wildman–Crippen MR) is 60.4 cm³/mol. The van der Waals surface area contributed by atoms with Crippen molar-refractivity contribution in [3.05, 3.63) is 0 Å². The van der Waals surface area contributed by atoms with Gasteiger partial charge in [-0.1, -0.05) is 19.3 Å². The van der Waals surface area contributed by atoms with Crippen LogP contribution in [-0.2, 0) is 9.53 Å². The van der Waals surface area contributed by atoms with Crippen LogP contribution in [0.15, 0.2) is 0 Å². The Bertz CT molecular complexity index is 211. The first-order chi connectivity index (χ1) is 7.24. The first-order valence-electron chi connectivity index (χ1n) is 5.19. The number of amides is 1. The molecule has 0 spiro atoms. The first kappa shape index (κ1) is 13.9. The molecule has 0 aromatic carbocycles. The Morgan fingerprint density at radius 1 is 1.60 bits per heavy atom. The number of rotatable bonds is 8. The van der Waals surface area contributed by atoms with Gasteiger partial charge in [0.15, 0.2) is 0 Å². The van der Waals surface area contributed by atoms with Crippen LogP contribution in [-0.4, -0.2) is 38.8 Å². The third-order valence-electron chi connectivity index (χ3n) is 1.88. The summed E-state index contributed by atoms with van der Waals surface area (Å²) in [6, 6.07) is -0.147. The van der Waals surface area contributed by atoms with E-state index in [4.69, 9.17) is 11.2 Å². The van der Waals surface area contributed by atoms with Crippen molar-refractivity contribution >= 4 is 5.91 Å². The van der Waals surface area contributed by atoms with Crippen molar-refractivity contribution in [1.82, 2.24) is 10.6 Å². The van der Waals surface area contributed by atoms with Gasteiger partial charge in [-0.15, -0.1) is 6.42 Å². The van der Waals surface area contributed by atoms with Gasteiger partial charge in [0.1, 0.15) is 0 Å². The molecule has 0 bridgehead atoms. The average molecular weight is 212 g/mol. The molecule has 0 aliphatic heterocycles. The Kier molecular flexibility index (Phi) is 8.84. The molecule has 0 aromatic heterocycles. The predicted octanol–water partition coefficient (Wildman–Crippen LogP) is 0.141. The van der Waals surface area contributed by atoms with Crippen molar-refractivity contribution in [2.45, 2.75) is 25.8 Å². The van der Waals surface area contributed by atoms with Gasteiger partial charge in [0.2, 0.25) is 5.91 Å². The maximum atomic E-state index is 11.3. The van der Waals surface area contributed by atoms with Crippen LogP contribution in [0.2, 0.25) is 0 Å². The van der Waals surface area contributed by atoms with E-state index >= 15 is 0 Å². The average Bonchev–Trinajstić information content (AvgIpc) is 2.24. The van der Waals surface area contributed by atoms with Gasteiger partial charge in [-0.3, -0.25) is 4.79 Å². The van der Waals surface area contributed by atoms with E-state index in [9.17, 15) is 4.79 Å². The smallest absolute Gasteiger partial charge is 0.234 e. The van der Waals surface area contributed by atoms with Gasteiger partial charge in [0, 0.05) is 13.7 Å². The number of carbonyl (C=O) groups excluding carboxylic acids is 1. The van der Waals surface area contributed by atoms with Crippen LogP contribution in [0.4, 0.5) is 0 Å². The second-order valence-corrected chi connectivity index (χ2v) is 3.25. The topological polar surface area (TPSA) is 50.4 Å². The van der Waals surface area contributed by atoms with E-state index in [2.05, 4.69) is 16.6 Å². The molecule has 0 rings (SSSR count). The lowest BCUT2D eigenvalue weighted by atomic mass is 10.2. The van der Waals surface area contributed by atoms with Crippen LogP contribution in [0.25, 0.3) is 0 Å². The fourth-order valence-corrected chi connectivity index (χ4v) is 1.11. The van der Waals surface area contributed by atoms with Crippen molar-refractivity contribution < 1.29 is 9.53 Å². The number of terminal acetylenes is 1. The summed E-state index contributed by atoms with van der Waals surface area (Å²) in [6.45, 7) is 3.58. The Hall–Kier alpha value is -1.05. The highest BCUT2D eigenvalue weighted by molar-refractivity contribution is 5.78. The van der Waals surface area contributed by atoms with Crippen molar-refractivity contribution in [3.63, 3.8) is 0 Å². The molecule has 0 aromatic rings. The summed E-state index contributed by atoms with van der Waals surface area (Å²) in [4.78, 5) is 11.3. The van der Waals surface area contributed by atoms with Crippen LogP contribution < -0.4 is 10.6 Å². The molecule has 1 unspecified atom stereocenters. The molecular weight excluding hydrogens is 192 g/mol. The Labute approximate surface area is 91.8 Å². The summed E-state index contributed by atoms with van der Waals surface area (Å²) < 4.78 is 4.84. The number of hydrogen-bond donors (Lipinski definition) is 2. The second kappa shape index (κ2) is 9.50. The van der Waals surface area contributed by atoms with Crippen LogP contribution >= 0.6 is 0 Å². The van der Waals surface area contributed by atoms with E-state index in [1.807, 2.05) is 6.92 Å². The molecular formula is C11H20N2O2. The number of nitrogens with one attached hydrogen (secondary N) is 2. The Morgan fingerprint density at radius 2 is 2.33 bits per heavy atom. The van der Waals surface area contributed by atoms with Crippen molar-refractivity contribution in [2.24, 2.45) is 0 Å². The van der Waals surface area contributed by atoms with Gasteiger partial charge in [-0.25, -0.2) is 0 Å². The van der Waals surface area contributed by atoms with E-state index in [-0.39, 0.29) is 18.5 Å². The van der Waals surface area contributed by atoms with Gasteiger partial charge < -0.3 is 15.4 Å². The quantitative estimate of drug-likeness (QED) is 0.444. The monoisotopic (exact) mass is 212 g/mol. The molecule has 2 N–H and O–H groups in total. The zero-order chi connectivity index (χ0) is 11.5. The summed E-state index contributed by atoms with van der Waals surface area (Å²) >= 11 is 0. The van der Waals surface area contributed by atoms with Crippen LogP contribution in [0.1, 0.15) is 19.8 Å². The molecule has 15 heavy (non-hydrogen) atoms. The standard InChI is InChI=1S/C11H20N2O2/c1-4-6-10(5-2)13-11(14)9-12-7-8-15-3/h2,10,12H,4,6-9H2,1,3H3,(H,13,14). The molecule has 0 saturated carbocycles. The minimum absolute atomic E-state index is 0.0671. The second-order valence-electron chi connectivity index (χ2n) is 3.25. The Morgan fingerprint density at radius 3 is 2.87 bits per heavy atom. The number of carbonyl (C=O) groups is 1. The summed E-state index contributed by atoms with van der Waals surface area (Å²) in [6.07, 6.45) is 7.06. The SMILES string of the molecule is C#CC(CCC)NC(=O)CNCCOC. The molecule has 1 atom stereocenters. The molecule has 0 saturated heterocycles. The highest BCUT2D eigenvalue weighted by atomic mass is 16.5. The van der Waals surface area contributed by atoms with E-state index in [0.29, 0.717) is 13.2 Å². The zero-order valence-electron chi connectivity index (χ0n) is 9.51. The van der Waals surface area contributed by atoms with Crippen LogP contribution in [0.3, 0.4) is 0 Å². The molecule has 0 fully saturated rings. The van der Waals surface area contributed by atoms with E-state index in [1.54, 1.807) is 7.11 Å². The molecule has 0 radical (unpaired) electrons. The van der Waals surface area contributed by atoms with Crippen molar-refractivity contribution in [1.29, 1.82) is 0 Å². The van der Waals surface area contributed by atoms with Crippen molar-refractivity contribution in [2.75, 3.05) is 26.8 Å². The highest BCUT2D eigenvalue weighted by Gasteiger charge is 2.07. The summed E-state index contributed by atoms with van der Waals surface area (Å²) in [5.74, 6) is 2.48. The first-order valence-corrected chi connectivity index (χ1v) is 5.19. The molecule has 86 valence electrons. The van der Waals surface area contributed by atoms with E-state index < -0.39 is 0 Å². The van der Waals surface area contributed by atoms with Gasteiger partial charge >= 0.3 is 0 Å². The maximum absolute atomic E-state index is 11.3. The third-order valence-corrected chi connectivity index (χ3v) is 1.88. The van der Waals surface area contributed by atoms with Gasteiger partial charge in [-0.05, 0) is 6.42 Å². The lowest BCUT2D eigenvalue weighted by Crippen LogP contribution is -2.40. The van der Waals surface area contributed by atoms with Gasteiger partial charge in [0.05, 0.1) is 19.2 Å². The lowest BCUT2D eigenvalue weighted by molar-refractivity contribution is -0.120. The normalized spacial score (nSPS) is 11.8. The highest BCUT2D eigenvalue weighted by Crippen LogP contribution is 1.93. The Balaban J connectivity index is 3.58. The molecule has 4 nitrogen and oxygen atoms in total. The fraction of sp³-hybridized carbons (Fsp3) is 0.727. The molecule has 4 heteroatoms. The van der Waals surface area contributed by atoms with E-state index in [1.165, 1.54) is 0 Å². The molecule has 0 heterocycles. The number of hydrogen-bond acceptors (Lipinski definition) is 3. The summed E-state index contributed by atoms with van der Waals surface area (Å²) in [5.41, 5.74) is 0. The van der Waals surface area contributed by atoms with Gasteiger partial charge in [-0.2, -0.15) is 0 Å². The third kappa shape index (κ3) is 7.98. The summed E-state index contributed by atoms with van der Waals surface area (Å²) in [7, 11) is 1.62. The largest absolute Gasteiger partial charge is 0.383 e. The molecule has 0 aliphatic carbocycles. The molecule has 0 aliphatic rings. The lowest BCUT2D eigenvalue weighted by Gasteiger charge is -2.12.